The maximum Gasteiger partial charge on any atom is 0.335 e. The third-order valence-corrected chi connectivity index (χ3v) is 7.97. The third kappa shape index (κ3) is 5.66. The molecule has 212 valence electrons. The SMILES string of the molecule is COCCn1c(CN2CCC(c3cccc(OCc4cccc5c4cnn5C)n3)CC2)nc2ccc(C(=O)O)cc21. The monoisotopic (exact) mass is 554 g/mol. The minimum atomic E-state index is -0.941. The van der Waals surface area contributed by atoms with Crippen LogP contribution in [0.15, 0.2) is 60.8 Å². The van der Waals surface area contributed by atoms with Gasteiger partial charge in [-0.2, -0.15) is 5.10 Å². The number of piperidine rings is 1. The number of carboxylic acids is 1. The van der Waals surface area contributed by atoms with E-state index in [2.05, 4.69) is 32.8 Å². The highest BCUT2D eigenvalue weighted by Gasteiger charge is 2.24. The molecule has 0 amide bonds. The number of ether oxygens (including phenoxy) is 2. The maximum absolute atomic E-state index is 11.5. The molecule has 1 aliphatic rings. The van der Waals surface area contributed by atoms with E-state index in [1.807, 2.05) is 36.1 Å². The zero-order valence-electron chi connectivity index (χ0n) is 23.4. The molecule has 0 radical (unpaired) electrons. The summed E-state index contributed by atoms with van der Waals surface area (Å²) in [7, 11) is 3.61. The normalized spacial score (nSPS) is 14.7. The Hall–Kier alpha value is -4.28. The van der Waals surface area contributed by atoms with Crippen LogP contribution in [0.25, 0.3) is 21.9 Å². The van der Waals surface area contributed by atoms with E-state index >= 15 is 0 Å². The van der Waals surface area contributed by atoms with Gasteiger partial charge in [0.05, 0.1) is 41.5 Å². The predicted molar refractivity (Wildman–Crippen MR) is 155 cm³/mol. The number of carboxylic acid groups (broad SMARTS) is 1. The molecule has 10 nitrogen and oxygen atoms in total. The molecule has 6 rings (SSSR count). The van der Waals surface area contributed by atoms with Gasteiger partial charge >= 0.3 is 5.97 Å². The van der Waals surface area contributed by atoms with E-state index in [0.717, 1.165) is 64.9 Å². The molecule has 0 bridgehead atoms. The number of aromatic carboxylic acids is 1. The number of carbonyl (C=O) groups is 1. The summed E-state index contributed by atoms with van der Waals surface area (Å²) < 4.78 is 15.4. The molecule has 0 aliphatic carbocycles. The van der Waals surface area contributed by atoms with Crippen molar-refractivity contribution in [2.75, 3.05) is 26.8 Å². The molecule has 0 saturated carbocycles. The Bertz CT molecular complexity index is 1690. The van der Waals surface area contributed by atoms with Crippen LogP contribution in [0.4, 0.5) is 0 Å². The Morgan fingerprint density at radius 3 is 2.68 bits per heavy atom. The molecule has 10 heteroatoms. The van der Waals surface area contributed by atoms with Crippen molar-refractivity contribution in [2.45, 2.75) is 38.5 Å². The largest absolute Gasteiger partial charge is 0.478 e. The van der Waals surface area contributed by atoms with Crippen molar-refractivity contribution in [3.8, 4) is 5.88 Å². The van der Waals surface area contributed by atoms with Gasteiger partial charge in [-0.3, -0.25) is 9.58 Å². The standard InChI is InChI=1S/C31H34N6O4/c1-35-27-7-3-5-23(24(27)18-32-35)20-41-30-8-4-6-25(34-30)21-11-13-36(14-12-21)19-29-33-26-10-9-22(31(38)39)17-28(26)37(29)15-16-40-2/h3-10,17-18,21H,11-16,19-20H2,1-2H3,(H,38,39). The lowest BCUT2D eigenvalue weighted by atomic mass is 9.93. The smallest absolute Gasteiger partial charge is 0.335 e. The van der Waals surface area contributed by atoms with Gasteiger partial charge in [-0.15, -0.1) is 0 Å². The van der Waals surface area contributed by atoms with Gasteiger partial charge in [0.2, 0.25) is 5.88 Å². The Kier molecular flexibility index (Phi) is 7.67. The fraction of sp³-hybridized carbons (Fsp3) is 0.355. The van der Waals surface area contributed by atoms with Crippen LogP contribution in [0.1, 0.15) is 46.2 Å². The van der Waals surface area contributed by atoms with Crippen LogP contribution >= 0.6 is 0 Å². The Balaban J connectivity index is 1.10. The Morgan fingerprint density at radius 2 is 1.88 bits per heavy atom. The summed E-state index contributed by atoms with van der Waals surface area (Å²) in [6, 6.07) is 17.3. The number of pyridine rings is 1. The lowest BCUT2D eigenvalue weighted by Crippen LogP contribution is -2.33. The summed E-state index contributed by atoms with van der Waals surface area (Å²) in [6.45, 7) is 4.13. The first-order valence-corrected chi connectivity index (χ1v) is 13.9. The quantitative estimate of drug-likeness (QED) is 0.267. The number of rotatable bonds is 10. The highest BCUT2D eigenvalue weighted by molar-refractivity contribution is 5.92. The van der Waals surface area contributed by atoms with E-state index in [-0.39, 0.29) is 5.56 Å². The molecule has 1 N–H and O–H groups in total. The van der Waals surface area contributed by atoms with Gasteiger partial charge in [0.15, 0.2) is 0 Å². The number of aryl methyl sites for hydroxylation is 1. The molecule has 4 heterocycles. The van der Waals surface area contributed by atoms with E-state index in [4.69, 9.17) is 19.4 Å². The maximum atomic E-state index is 11.5. The van der Waals surface area contributed by atoms with Crippen molar-refractivity contribution < 1.29 is 19.4 Å². The van der Waals surface area contributed by atoms with E-state index in [1.165, 1.54) is 0 Å². The van der Waals surface area contributed by atoms with Gasteiger partial charge in [0, 0.05) is 49.3 Å². The van der Waals surface area contributed by atoms with Crippen LogP contribution in [0, 0.1) is 0 Å². The third-order valence-electron chi connectivity index (χ3n) is 7.97. The van der Waals surface area contributed by atoms with Crippen LogP contribution < -0.4 is 4.74 Å². The summed E-state index contributed by atoms with van der Waals surface area (Å²) in [5, 5.41) is 14.9. The number of likely N-dealkylation sites (tertiary alicyclic amines) is 1. The Labute approximate surface area is 238 Å². The first-order chi connectivity index (χ1) is 20.0. The molecule has 0 spiro atoms. The van der Waals surface area contributed by atoms with Crippen molar-refractivity contribution >= 4 is 27.9 Å². The molecule has 1 aliphatic heterocycles. The summed E-state index contributed by atoms with van der Waals surface area (Å²) >= 11 is 0. The fourth-order valence-corrected chi connectivity index (χ4v) is 5.70. The minimum Gasteiger partial charge on any atom is -0.478 e. The topological polar surface area (TPSA) is 108 Å². The molecular weight excluding hydrogens is 520 g/mol. The number of imidazole rings is 1. The average molecular weight is 555 g/mol. The number of nitrogens with zero attached hydrogens (tertiary/aromatic N) is 6. The van der Waals surface area contributed by atoms with Crippen molar-refractivity contribution in [1.29, 1.82) is 0 Å². The van der Waals surface area contributed by atoms with Crippen molar-refractivity contribution in [2.24, 2.45) is 7.05 Å². The Morgan fingerprint density at radius 1 is 1.05 bits per heavy atom. The van der Waals surface area contributed by atoms with Crippen LogP contribution in [0.3, 0.4) is 0 Å². The van der Waals surface area contributed by atoms with Crippen molar-refractivity contribution in [3.05, 3.63) is 83.4 Å². The lowest BCUT2D eigenvalue weighted by molar-refractivity contribution is 0.0697. The molecule has 0 unspecified atom stereocenters. The molecule has 0 atom stereocenters. The number of hydrogen-bond donors (Lipinski definition) is 1. The number of fused-ring (bicyclic) bond motifs is 2. The minimum absolute atomic E-state index is 0.260. The summed E-state index contributed by atoms with van der Waals surface area (Å²) in [5.74, 6) is 0.986. The second kappa shape index (κ2) is 11.7. The van der Waals surface area contributed by atoms with E-state index in [9.17, 15) is 9.90 Å². The summed E-state index contributed by atoms with van der Waals surface area (Å²) in [5.41, 5.74) is 5.13. The van der Waals surface area contributed by atoms with Crippen LogP contribution in [0.2, 0.25) is 0 Å². The van der Waals surface area contributed by atoms with Crippen molar-refractivity contribution in [1.82, 2.24) is 29.2 Å². The number of hydrogen-bond acceptors (Lipinski definition) is 7. The van der Waals surface area contributed by atoms with Crippen LogP contribution in [-0.4, -0.2) is 67.1 Å². The fourth-order valence-electron chi connectivity index (χ4n) is 5.70. The van der Waals surface area contributed by atoms with Crippen molar-refractivity contribution in [3.63, 3.8) is 0 Å². The van der Waals surface area contributed by atoms with Gasteiger partial charge < -0.3 is 19.1 Å². The molecule has 1 fully saturated rings. The van der Waals surface area contributed by atoms with E-state index < -0.39 is 5.97 Å². The number of benzene rings is 2. The molecule has 1 saturated heterocycles. The summed E-state index contributed by atoms with van der Waals surface area (Å²) in [4.78, 5) is 23.7. The lowest BCUT2D eigenvalue weighted by Gasteiger charge is -2.31. The molecule has 2 aromatic carbocycles. The zero-order valence-corrected chi connectivity index (χ0v) is 23.4. The second-order valence-electron chi connectivity index (χ2n) is 10.5. The summed E-state index contributed by atoms with van der Waals surface area (Å²) in [6.07, 6.45) is 3.87. The van der Waals surface area contributed by atoms with Gasteiger partial charge in [0.25, 0.3) is 0 Å². The van der Waals surface area contributed by atoms with Crippen LogP contribution in [0.5, 0.6) is 5.88 Å². The van der Waals surface area contributed by atoms with E-state index in [0.29, 0.717) is 38.1 Å². The van der Waals surface area contributed by atoms with Gasteiger partial charge in [-0.05, 0) is 56.3 Å². The molecule has 41 heavy (non-hydrogen) atoms. The highest BCUT2D eigenvalue weighted by atomic mass is 16.5. The number of methoxy groups -OCH3 is 1. The van der Waals surface area contributed by atoms with Crippen LogP contribution in [-0.2, 0) is 31.5 Å². The molecule has 3 aromatic heterocycles. The molecule has 5 aromatic rings. The number of aromatic nitrogens is 5. The average Bonchev–Trinajstić information content (AvgIpc) is 3.54. The second-order valence-corrected chi connectivity index (χ2v) is 10.5. The highest BCUT2D eigenvalue weighted by Crippen LogP contribution is 2.29. The first-order valence-electron chi connectivity index (χ1n) is 13.9. The zero-order chi connectivity index (χ0) is 28.3. The van der Waals surface area contributed by atoms with Gasteiger partial charge in [-0.25, -0.2) is 14.8 Å². The predicted octanol–water partition coefficient (Wildman–Crippen LogP) is 4.62. The van der Waals surface area contributed by atoms with Gasteiger partial charge in [0.1, 0.15) is 12.4 Å². The molecular formula is C31H34N6O4. The van der Waals surface area contributed by atoms with Gasteiger partial charge in [-0.1, -0.05) is 18.2 Å². The van der Waals surface area contributed by atoms with E-state index in [1.54, 1.807) is 25.3 Å². The first kappa shape index (κ1) is 26.9.